The normalized spacial score (nSPS) is 26.8. The Kier molecular flexibility index (Phi) is 4.74. The van der Waals surface area contributed by atoms with Gasteiger partial charge in [0.05, 0.1) is 17.9 Å². The molecule has 2 unspecified atom stereocenters. The van der Waals surface area contributed by atoms with Gasteiger partial charge in [-0.3, -0.25) is 4.79 Å². The van der Waals surface area contributed by atoms with Gasteiger partial charge in [-0.05, 0) is 44.9 Å². The number of rotatable bonds is 3. The van der Waals surface area contributed by atoms with Crippen molar-refractivity contribution in [3.63, 3.8) is 0 Å². The minimum Gasteiger partial charge on any atom is -0.380 e. The van der Waals surface area contributed by atoms with Crippen molar-refractivity contribution >= 4 is 17.3 Å². The van der Waals surface area contributed by atoms with Crippen LogP contribution in [-0.4, -0.2) is 15.8 Å². The summed E-state index contributed by atoms with van der Waals surface area (Å²) < 4.78 is 1.42. The highest BCUT2D eigenvalue weighted by Crippen LogP contribution is 2.31. The Hall–Kier alpha value is -1.03. The van der Waals surface area contributed by atoms with Crippen LogP contribution in [0.1, 0.15) is 53.0 Å². The molecular weight excluding hydrogens is 274 g/mol. The zero-order chi connectivity index (χ0) is 14.9. The van der Waals surface area contributed by atoms with E-state index in [1.165, 1.54) is 11.1 Å². The van der Waals surface area contributed by atoms with Gasteiger partial charge in [-0.25, -0.2) is 4.68 Å². The van der Waals surface area contributed by atoms with Gasteiger partial charge in [0.2, 0.25) is 0 Å². The Morgan fingerprint density at radius 1 is 1.30 bits per heavy atom. The van der Waals surface area contributed by atoms with Crippen molar-refractivity contribution in [1.82, 2.24) is 9.78 Å². The standard InChI is InChI=1S/C15H24ClN3O/c1-9(2)19-15(20)14(16)13(8-17-19)18-12-6-10(3)5-11(4)7-12/h8-12,18H,5-7H2,1-4H3. The van der Waals surface area contributed by atoms with E-state index in [0.29, 0.717) is 23.6 Å². The second kappa shape index (κ2) is 6.17. The van der Waals surface area contributed by atoms with Crippen LogP contribution < -0.4 is 10.9 Å². The van der Waals surface area contributed by atoms with E-state index in [4.69, 9.17) is 11.6 Å². The van der Waals surface area contributed by atoms with Crippen LogP contribution in [0.3, 0.4) is 0 Å². The molecule has 4 nitrogen and oxygen atoms in total. The highest BCUT2D eigenvalue weighted by molar-refractivity contribution is 6.32. The third-order valence-corrected chi connectivity index (χ3v) is 4.34. The summed E-state index contributed by atoms with van der Waals surface area (Å²) in [6, 6.07) is 0.395. The first kappa shape index (κ1) is 15.4. The molecule has 0 spiro atoms. The topological polar surface area (TPSA) is 46.9 Å². The summed E-state index contributed by atoms with van der Waals surface area (Å²) in [6.07, 6.45) is 5.19. The summed E-state index contributed by atoms with van der Waals surface area (Å²) in [4.78, 5) is 12.1. The van der Waals surface area contributed by atoms with Crippen molar-refractivity contribution in [2.75, 3.05) is 5.32 Å². The molecule has 0 aromatic carbocycles. The molecule has 5 heteroatoms. The Balaban J connectivity index is 2.18. The van der Waals surface area contributed by atoms with Crippen molar-refractivity contribution in [1.29, 1.82) is 0 Å². The molecule has 1 fully saturated rings. The Morgan fingerprint density at radius 2 is 1.90 bits per heavy atom. The fourth-order valence-corrected chi connectivity index (χ4v) is 3.39. The van der Waals surface area contributed by atoms with Gasteiger partial charge in [-0.15, -0.1) is 0 Å². The van der Waals surface area contributed by atoms with E-state index in [2.05, 4.69) is 24.3 Å². The number of hydrogen-bond acceptors (Lipinski definition) is 3. The molecule has 20 heavy (non-hydrogen) atoms. The van der Waals surface area contributed by atoms with Gasteiger partial charge in [-0.2, -0.15) is 5.10 Å². The summed E-state index contributed by atoms with van der Waals surface area (Å²) >= 11 is 6.20. The fourth-order valence-electron chi connectivity index (χ4n) is 3.20. The quantitative estimate of drug-likeness (QED) is 0.925. The summed E-state index contributed by atoms with van der Waals surface area (Å²) in [5.41, 5.74) is 0.448. The predicted molar refractivity (Wildman–Crippen MR) is 83.5 cm³/mol. The highest BCUT2D eigenvalue weighted by Gasteiger charge is 2.24. The maximum absolute atomic E-state index is 12.1. The lowest BCUT2D eigenvalue weighted by Crippen LogP contribution is -2.32. The number of anilines is 1. The van der Waals surface area contributed by atoms with E-state index in [1.54, 1.807) is 6.20 Å². The number of nitrogens with zero attached hydrogens (tertiary/aromatic N) is 2. The molecule has 112 valence electrons. The summed E-state index contributed by atoms with van der Waals surface area (Å²) in [5.74, 6) is 1.41. The van der Waals surface area contributed by atoms with Crippen LogP contribution in [0.4, 0.5) is 5.69 Å². The molecule has 0 amide bonds. The molecule has 2 rings (SSSR count). The van der Waals surface area contributed by atoms with E-state index < -0.39 is 0 Å². The minimum absolute atomic E-state index is 0.0174. The van der Waals surface area contributed by atoms with Crippen LogP contribution in [0.25, 0.3) is 0 Å². The molecule has 1 saturated carbocycles. The molecule has 1 N–H and O–H groups in total. The van der Waals surface area contributed by atoms with Gasteiger partial charge in [0.25, 0.3) is 5.56 Å². The SMILES string of the molecule is CC1CC(C)CC(Nc2cnn(C(C)C)c(=O)c2Cl)C1. The summed E-state index contributed by atoms with van der Waals surface area (Å²) in [7, 11) is 0. The Morgan fingerprint density at radius 3 is 2.45 bits per heavy atom. The van der Waals surface area contributed by atoms with Crippen LogP contribution in [0.5, 0.6) is 0 Å². The lowest BCUT2D eigenvalue weighted by atomic mass is 9.80. The third kappa shape index (κ3) is 3.35. The van der Waals surface area contributed by atoms with Crippen LogP contribution in [0.15, 0.2) is 11.0 Å². The van der Waals surface area contributed by atoms with E-state index >= 15 is 0 Å². The van der Waals surface area contributed by atoms with Gasteiger partial charge in [-0.1, -0.05) is 25.4 Å². The molecule has 0 bridgehead atoms. The Labute approximate surface area is 125 Å². The van der Waals surface area contributed by atoms with Crippen molar-refractivity contribution < 1.29 is 0 Å². The maximum atomic E-state index is 12.1. The lowest BCUT2D eigenvalue weighted by molar-refractivity contribution is 0.280. The molecule has 1 aliphatic rings. The van der Waals surface area contributed by atoms with Gasteiger partial charge in [0, 0.05) is 6.04 Å². The molecule has 0 saturated heterocycles. The third-order valence-electron chi connectivity index (χ3n) is 3.97. The molecule has 0 radical (unpaired) electrons. The van der Waals surface area contributed by atoms with Crippen molar-refractivity contribution in [3.05, 3.63) is 21.6 Å². The van der Waals surface area contributed by atoms with Crippen LogP contribution in [-0.2, 0) is 0 Å². The van der Waals surface area contributed by atoms with Gasteiger partial charge in [0.1, 0.15) is 5.02 Å². The van der Waals surface area contributed by atoms with Crippen molar-refractivity contribution in [2.45, 2.75) is 59.0 Å². The van der Waals surface area contributed by atoms with Gasteiger partial charge in [0.15, 0.2) is 0 Å². The fraction of sp³-hybridized carbons (Fsp3) is 0.733. The first-order valence-electron chi connectivity index (χ1n) is 7.42. The maximum Gasteiger partial charge on any atom is 0.287 e. The number of halogens is 1. The monoisotopic (exact) mass is 297 g/mol. The lowest BCUT2D eigenvalue weighted by Gasteiger charge is -2.32. The smallest absolute Gasteiger partial charge is 0.287 e. The molecule has 1 heterocycles. The van der Waals surface area contributed by atoms with Gasteiger partial charge >= 0.3 is 0 Å². The first-order chi connectivity index (χ1) is 9.38. The number of nitrogens with one attached hydrogen (secondary N) is 1. The van der Waals surface area contributed by atoms with Crippen molar-refractivity contribution in [3.8, 4) is 0 Å². The largest absolute Gasteiger partial charge is 0.380 e. The number of hydrogen-bond donors (Lipinski definition) is 1. The molecule has 1 aliphatic carbocycles. The second-order valence-electron chi connectivity index (χ2n) is 6.47. The second-order valence-corrected chi connectivity index (χ2v) is 6.85. The summed E-state index contributed by atoms with van der Waals surface area (Å²) in [6.45, 7) is 8.40. The first-order valence-corrected chi connectivity index (χ1v) is 7.80. The van der Waals surface area contributed by atoms with Crippen LogP contribution >= 0.6 is 11.6 Å². The zero-order valence-electron chi connectivity index (χ0n) is 12.7. The van der Waals surface area contributed by atoms with E-state index in [1.807, 2.05) is 13.8 Å². The van der Waals surface area contributed by atoms with E-state index in [9.17, 15) is 4.79 Å². The molecule has 0 aliphatic heterocycles. The van der Waals surface area contributed by atoms with Crippen LogP contribution in [0.2, 0.25) is 5.02 Å². The minimum atomic E-state index is -0.219. The average Bonchev–Trinajstić information content (AvgIpc) is 2.33. The molecule has 2 atom stereocenters. The van der Waals surface area contributed by atoms with E-state index in [0.717, 1.165) is 12.8 Å². The predicted octanol–water partition coefficient (Wildman–Crippen LogP) is 3.71. The Bertz CT molecular complexity index is 516. The van der Waals surface area contributed by atoms with Crippen molar-refractivity contribution in [2.24, 2.45) is 11.8 Å². The highest BCUT2D eigenvalue weighted by atomic mass is 35.5. The molecular formula is C15H24ClN3O. The molecule has 1 aromatic rings. The van der Waals surface area contributed by atoms with Crippen LogP contribution in [0, 0.1) is 11.8 Å². The van der Waals surface area contributed by atoms with Gasteiger partial charge < -0.3 is 5.32 Å². The molecule has 1 aromatic heterocycles. The number of aromatic nitrogens is 2. The average molecular weight is 298 g/mol. The summed E-state index contributed by atoms with van der Waals surface area (Å²) in [5, 5.41) is 7.86. The van der Waals surface area contributed by atoms with E-state index in [-0.39, 0.29) is 16.6 Å². The zero-order valence-corrected chi connectivity index (χ0v) is 13.4.